The minimum Gasteiger partial charge on any atom is -0.396 e. The van der Waals surface area contributed by atoms with Crippen LogP contribution in [0.25, 0.3) is 0 Å². The molecule has 0 spiro atoms. The molecule has 0 aromatic rings. The predicted molar refractivity (Wildman–Crippen MR) is 82.1 cm³/mol. The molecule has 124 valence electrons. The predicted octanol–water partition coefficient (Wildman–Crippen LogP) is 0.475. The van der Waals surface area contributed by atoms with Crippen molar-refractivity contribution in [3.05, 3.63) is 0 Å². The Morgan fingerprint density at radius 2 is 1.90 bits per heavy atom. The molecule has 0 bridgehead atoms. The molecule has 1 aliphatic carbocycles. The van der Waals surface area contributed by atoms with Gasteiger partial charge in [-0.05, 0) is 37.0 Å². The molecule has 1 rings (SSSR count). The zero-order valence-corrected chi connectivity index (χ0v) is 13.9. The van der Waals surface area contributed by atoms with Crippen molar-refractivity contribution in [3.63, 3.8) is 0 Å². The van der Waals surface area contributed by atoms with Crippen LogP contribution < -0.4 is 10.0 Å². The van der Waals surface area contributed by atoms with Gasteiger partial charge in [-0.1, -0.05) is 20.3 Å². The monoisotopic (exact) mass is 320 g/mol. The van der Waals surface area contributed by atoms with E-state index in [2.05, 4.69) is 10.0 Å². The molecule has 3 N–H and O–H groups in total. The zero-order chi connectivity index (χ0) is 16.0. The molecule has 1 aliphatic rings. The molecule has 1 fully saturated rings. The van der Waals surface area contributed by atoms with Crippen LogP contribution in [0.4, 0.5) is 0 Å². The highest BCUT2D eigenvalue weighted by atomic mass is 32.2. The standard InChI is InChI=1S/C14H28N2O4S/c1-10(2)7-13(16-21(3,19)20)14(18)15-8-11-5-4-6-12(11)9-17/h10-13,16-17H,4-9H2,1-3H3,(H,15,18). The molecule has 1 saturated carbocycles. The van der Waals surface area contributed by atoms with Crippen molar-refractivity contribution >= 4 is 15.9 Å². The first kappa shape index (κ1) is 18.4. The van der Waals surface area contributed by atoms with E-state index in [0.29, 0.717) is 13.0 Å². The number of aliphatic hydroxyl groups is 1. The lowest BCUT2D eigenvalue weighted by atomic mass is 9.96. The number of rotatable bonds is 8. The van der Waals surface area contributed by atoms with E-state index in [1.807, 2.05) is 13.8 Å². The molecule has 0 aromatic carbocycles. The van der Waals surface area contributed by atoms with Crippen molar-refractivity contribution in [1.82, 2.24) is 10.0 Å². The van der Waals surface area contributed by atoms with Crippen LogP contribution in [-0.4, -0.2) is 44.9 Å². The van der Waals surface area contributed by atoms with Gasteiger partial charge in [-0.2, -0.15) is 0 Å². The molecule has 0 saturated heterocycles. The van der Waals surface area contributed by atoms with Crippen LogP contribution in [0.5, 0.6) is 0 Å². The van der Waals surface area contributed by atoms with Gasteiger partial charge in [-0.3, -0.25) is 4.79 Å². The Kier molecular flexibility index (Phi) is 7.09. The van der Waals surface area contributed by atoms with Gasteiger partial charge in [0.2, 0.25) is 15.9 Å². The summed E-state index contributed by atoms with van der Waals surface area (Å²) < 4.78 is 25.1. The quantitative estimate of drug-likeness (QED) is 0.606. The maximum atomic E-state index is 12.2. The van der Waals surface area contributed by atoms with Crippen LogP contribution in [0.15, 0.2) is 0 Å². The fourth-order valence-electron chi connectivity index (χ4n) is 2.92. The van der Waals surface area contributed by atoms with E-state index in [1.165, 1.54) is 0 Å². The maximum absolute atomic E-state index is 12.2. The number of carbonyl (C=O) groups excluding carboxylic acids is 1. The number of aliphatic hydroxyl groups excluding tert-OH is 1. The highest BCUT2D eigenvalue weighted by Gasteiger charge is 2.28. The zero-order valence-electron chi connectivity index (χ0n) is 13.1. The Bertz CT molecular complexity index is 436. The number of amides is 1. The summed E-state index contributed by atoms with van der Waals surface area (Å²) in [6.07, 6.45) is 4.59. The third-order valence-corrected chi connectivity index (χ3v) is 4.68. The molecule has 0 heterocycles. The third-order valence-electron chi connectivity index (χ3n) is 3.97. The fraction of sp³-hybridized carbons (Fsp3) is 0.929. The molecular weight excluding hydrogens is 292 g/mol. The Balaban J connectivity index is 2.55. The number of carbonyl (C=O) groups is 1. The topological polar surface area (TPSA) is 95.5 Å². The fourth-order valence-corrected chi connectivity index (χ4v) is 3.64. The number of hydrogen-bond donors (Lipinski definition) is 3. The van der Waals surface area contributed by atoms with E-state index in [9.17, 15) is 18.3 Å². The SMILES string of the molecule is CC(C)CC(NS(C)(=O)=O)C(=O)NCC1CCCC1CO. The lowest BCUT2D eigenvalue weighted by Gasteiger charge is -2.22. The van der Waals surface area contributed by atoms with Crippen LogP contribution in [0.2, 0.25) is 0 Å². The van der Waals surface area contributed by atoms with Gasteiger partial charge in [-0.15, -0.1) is 0 Å². The van der Waals surface area contributed by atoms with Gasteiger partial charge in [0.25, 0.3) is 0 Å². The molecule has 21 heavy (non-hydrogen) atoms. The number of nitrogens with one attached hydrogen (secondary N) is 2. The molecule has 0 aliphatic heterocycles. The summed E-state index contributed by atoms with van der Waals surface area (Å²) in [5.41, 5.74) is 0. The largest absolute Gasteiger partial charge is 0.396 e. The smallest absolute Gasteiger partial charge is 0.238 e. The summed E-state index contributed by atoms with van der Waals surface area (Å²) in [7, 11) is -3.42. The summed E-state index contributed by atoms with van der Waals surface area (Å²) in [5.74, 6) is 0.470. The minimum atomic E-state index is -3.42. The minimum absolute atomic E-state index is 0.150. The molecule has 3 atom stereocenters. The van der Waals surface area contributed by atoms with Gasteiger partial charge >= 0.3 is 0 Å². The van der Waals surface area contributed by atoms with E-state index in [4.69, 9.17) is 0 Å². The lowest BCUT2D eigenvalue weighted by molar-refractivity contribution is -0.123. The Hall–Kier alpha value is -0.660. The van der Waals surface area contributed by atoms with E-state index in [0.717, 1.165) is 25.5 Å². The van der Waals surface area contributed by atoms with Crippen LogP contribution in [0.1, 0.15) is 39.5 Å². The molecule has 0 aromatic heterocycles. The second-order valence-electron chi connectivity index (χ2n) is 6.45. The van der Waals surface area contributed by atoms with Crippen molar-refractivity contribution in [3.8, 4) is 0 Å². The summed E-state index contributed by atoms with van der Waals surface area (Å²) in [5, 5.41) is 12.1. The van der Waals surface area contributed by atoms with Crippen molar-refractivity contribution in [2.24, 2.45) is 17.8 Å². The van der Waals surface area contributed by atoms with Gasteiger partial charge in [0.1, 0.15) is 6.04 Å². The van der Waals surface area contributed by atoms with E-state index < -0.39 is 16.1 Å². The molecule has 6 nitrogen and oxygen atoms in total. The van der Waals surface area contributed by atoms with Crippen molar-refractivity contribution in [2.45, 2.75) is 45.6 Å². The average molecular weight is 320 g/mol. The van der Waals surface area contributed by atoms with Crippen molar-refractivity contribution < 1.29 is 18.3 Å². The lowest BCUT2D eigenvalue weighted by Crippen LogP contribution is -2.48. The van der Waals surface area contributed by atoms with E-state index in [-0.39, 0.29) is 30.3 Å². The Morgan fingerprint density at radius 3 is 2.43 bits per heavy atom. The number of sulfonamides is 1. The van der Waals surface area contributed by atoms with E-state index in [1.54, 1.807) is 0 Å². The maximum Gasteiger partial charge on any atom is 0.238 e. The van der Waals surface area contributed by atoms with Crippen LogP contribution in [0.3, 0.4) is 0 Å². The average Bonchev–Trinajstić information content (AvgIpc) is 2.80. The van der Waals surface area contributed by atoms with Gasteiger partial charge in [-0.25, -0.2) is 13.1 Å². The second-order valence-corrected chi connectivity index (χ2v) is 8.23. The molecule has 1 amide bonds. The highest BCUT2D eigenvalue weighted by molar-refractivity contribution is 7.88. The highest BCUT2D eigenvalue weighted by Crippen LogP contribution is 2.30. The molecule has 0 radical (unpaired) electrons. The molecule has 7 heteroatoms. The molecule has 3 unspecified atom stereocenters. The summed E-state index contributed by atoms with van der Waals surface area (Å²) >= 11 is 0. The number of hydrogen-bond acceptors (Lipinski definition) is 4. The van der Waals surface area contributed by atoms with Gasteiger partial charge in [0, 0.05) is 13.2 Å². The third kappa shape index (κ3) is 6.76. The van der Waals surface area contributed by atoms with Crippen LogP contribution in [0, 0.1) is 17.8 Å². The summed E-state index contributed by atoms with van der Waals surface area (Å²) in [6, 6.07) is -0.728. The van der Waals surface area contributed by atoms with Crippen LogP contribution in [-0.2, 0) is 14.8 Å². The normalized spacial score (nSPS) is 24.2. The van der Waals surface area contributed by atoms with Gasteiger partial charge in [0.05, 0.1) is 6.26 Å². The van der Waals surface area contributed by atoms with Crippen molar-refractivity contribution in [2.75, 3.05) is 19.4 Å². The molecular formula is C14H28N2O4S. The van der Waals surface area contributed by atoms with Crippen LogP contribution >= 0.6 is 0 Å². The van der Waals surface area contributed by atoms with E-state index >= 15 is 0 Å². The Labute approximate surface area is 127 Å². The second kappa shape index (κ2) is 8.10. The summed E-state index contributed by atoms with van der Waals surface area (Å²) in [6.45, 7) is 4.55. The van der Waals surface area contributed by atoms with Gasteiger partial charge in [0.15, 0.2) is 0 Å². The first-order chi connectivity index (χ1) is 9.73. The van der Waals surface area contributed by atoms with Gasteiger partial charge < -0.3 is 10.4 Å². The van der Waals surface area contributed by atoms with Crippen molar-refractivity contribution in [1.29, 1.82) is 0 Å². The first-order valence-corrected chi connectivity index (χ1v) is 9.48. The Morgan fingerprint density at radius 1 is 1.29 bits per heavy atom. The summed E-state index contributed by atoms with van der Waals surface area (Å²) in [4.78, 5) is 12.2. The first-order valence-electron chi connectivity index (χ1n) is 7.58.